The second kappa shape index (κ2) is 5.59. The van der Waals surface area contributed by atoms with E-state index in [4.69, 9.17) is 9.26 Å². The molecular formula is C12H16N4O2. The molecule has 1 N–H and O–H groups in total. The number of hydrogen-bond acceptors (Lipinski definition) is 6. The Balaban J connectivity index is 2.08. The van der Waals surface area contributed by atoms with Crippen LogP contribution in [0.25, 0.3) is 0 Å². The van der Waals surface area contributed by atoms with Crippen molar-refractivity contribution in [3.05, 3.63) is 35.2 Å². The lowest BCUT2D eigenvalue weighted by molar-refractivity contribution is 0.281. The van der Waals surface area contributed by atoms with Crippen LogP contribution in [0.2, 0.25) is 0 Å². The van der Waals surface area contributed by atoms with Crippen LogP contribution in [-0.4, -0.2) is 22.2 Å². The summed E-state index contributed by atoms with van der Waals surface area (Å²) in [5.74, 6) is 1.80. The quantitative estimate of drug-likeness (QED) is 0.861. The number of nitrogens with one attached hydrogen (secondary N) is 1. The minimum atomic E-state index is 0.277. The maximum atomic E-state index is 5.66. The highest BCUT2D eigenvalue weighted by molar-refractivity contribution is 5.29. The van der Waals surface area contributed by atoms with Gasteiger partial charge < -0.3 is 14.6 Å². The molecule has 0 bridgehead atoms. The summed E-state index contributed by atoms with van der Waals surface area (Å²) in [5, 5.41) is 6.84. The van der Waals surface area contributed by atoms with E-state index in [1.165, 1.54) is 0 Å². The minimum Gasteiger partial charge on any atom is -0.484 e. The van der Waals surface area contributed by atoms with Crippen molar-refractivity contribution in [3.8, 4) is 5.75 Å². The number of pyridine rings is 1. The third-order valence-corrected chi connectivity index (χ3v) is 2.34. The number of rotatable bonds is 5. The predicted octanol–water partition coefficient (Wildman–Crippen LogP) is 1.38. The summed E-state index contributed by atoms with van der Waals surface area (Å²) in [5.41, 5.74) is 1.83. The SMILES string of the molecule is CNCc1nc(C)ccc1OCc1noc(C)n1. The van der Waals surface area contributed by atoms with E-state index < -0.39 is 0 Å². The van der Waals surface area contributed by atoms with Crippen molar-refractivity contribution in [2.45, 2.75) is 27.0 Å². The van der Waals surface area contributed by atoms with E-state index in [9.17, 15) is 0 Å². The third kappa shape index (κ3) is 3.04. The second-order valence-electron chi connectivity index (χ2n) is 3.95. The lowest BCUT2D eigenvalue weighted by Gasteiger charge is -2.09. The van der Waals surface area contributed by atoms with E-state index >= 15 is 0 Å². The Hall–Kier alpha value is -1.95. The van der Waals surface area contributed by atoms with Crippen LogP contribution in [0.5, 0.6) is 5.75 Å². The fraction of sp³-hybridized carbons (Fsp3) is 0.417. The molecule has 0 atom stereocenters. The van der Waals surface area contributed by atoms with Gasteiger partial charge in [0.05, 0.1) is 5.69 Å². The normalized spacial score (nSPS) is 10.6. The lowest BCUT2D eigenvalue weighted by atomic mass is 10.3. The standard InChI is InChI=1S/C12H16N4O2/c1-8-4-5-11(10(14-8)6-13-3)17-7-12-15-9(2)18-16-12/h4-5,13H,6-7H2,1-3H3. The number of aromatic nitrogens is 3. The number of hydrogen-bond donors (Lipinski definition) is 1. The maximum absolute atomic E-state index is 5.66. The molecule has 96 valence electrons. The van der Waals surface area contributed by atoms with Crippen LogP contribution in [0.4, 0.5) is 0 Å². The summed E-state index contributed by atoms with van der Waals surface area (Å²) < 4.78 is 10.5. The van der Waals surface area contributed by atoms with Crippen molar-refractivity contribution in [3.63, 3.8) is 0 Å². The molecule has 0 aliphatic carbocycles. The first-order valence-corrected chi connectivity index (χ1v) is 5.72. The average Bonchev–Trinajstić information content (AvgIpc) is 2.75. The monoisotopic (exact) mass is 248 g/mol. The van der Waals surface area contributed by atoms with Gasteiger partial charge in [0, 0.05) is 19.2 Å². The first kappa shape index (κ1) is 12.5. The molecule has 2 aromatic heterocycles. The highest BCUT2D eigenvalue weighted by Gasteiger charge is 2.08. The fourth-order valence-corrected chi connectivity index (χ4v) is 1.57. The molecule has 0 saturated carbocycles. The molecule has 0 radical (unpaired) electrons. The zero-order valence-corrected chi connectivity index (χ0v) is 10.7. The molecule has 0 aromatic carbocycles. The molecule has 2 rings (SSSR count). The van der Waals surface area contributed by atoms with Gasteiger partial charge in [-0.1, -0.05) is 5.16 Å². The minimum absolute atomic E-state index is 0.277. The Morgan fingerprint density at radius 2 is 2.11 bits per heavy atom. The van der Waals surface area contributed by atoms with Gasteiger partial charge in [-0.2, -0.15) is 4.98 Å². The van der Waals surface area contributed by atoms with Gasteiger partial charge in [0.15, 0.2) is 6.61 Å². The van der Waals surface area contributed by atoms with Gasteiger partial charge >= 0.3 is 0 Å². The zero-order chi connectivity index (χ0) is 13.0. The molecule has 0 spiro atoms. The molecule has 6 heteroatoms. The fourth-order valence-electron chi connectivity index (χ4n) is 1.57. The topological polar surface area (TPSA) is 73.1 Å². The smallest absolute Gasteiger partial charge is 0.223 e. The third-order valence-electron chi connectivity index (χ3n) is 2.34. The molecule has 0 amide bonds. The Kier molecular flexibility index (Phi) is 3.88. The van der Waals surface area contributed by atoms with Gasteiger partial charge in [-0.25, -0.2) is 0 Å². The predicted molar refractivity (Wildman–Crippen MR) is 65.1 cm³/mol. The summed E-state index contributed by atoms with van der Waals surface area (Å²) in [7, 11) is 1.87. The zero-order valence-electron chi connectivity index (χ0n) is 10.7. The van der Waals surface area contributed by atoms with Crippen LogP contribution < -0.4 is 10.1 Å². The van der Waals surface area contributed by atoms with Gasteiger partial charge in [-0.05, 0) is 26.1 Å². The van der Waals surface area contributed by atoms with Gasteiger partial charge in [-0.15, -0.1) is 0 Å². The lowest BCUT2D eigenvalue weighted by Crippen LogP contribution is -2.10. The first-order valence-electron chi connectivity index (χ1n) is 5.72. The van der Waals surface area contributed by atoms with Gasteiger partial charge in [0.1, 0.15) is 5.75 Å². The van der Waals surface area contributed by atoms with Gasteiger partial charge in [-0.3, -0.25) is 4.98 Å². The molecule has 0 aliphatic heterocycles. The van der Waals surface area contributed by atoms with Crippen molar-refractivity contribution in [2.24, 2.45) is 0 Å². The van der Waals surface area contributed by atoms with Crippen LogP contribution in [0.1, 0.15) is 23.1 Å². The van der Waals surface area contributed by atoms with Crippen LogP contribution in [0, 0.1) is 13.8 Å². The maximum Gasteiger partial charge on any atom is 0.223 e. The second-order valence-corrected chi connectivity index (χ2v) is 3.95. The number of aryl methyl sites for hydroxylation is 2. The summed E-state index contributed by atoms with van der Waals surface area (Å²) in [6.07, 6.45) is 0. The van der Waals surface area contributed by atoms with Crippen LogP contribution in [0.3, 0.4) is 0 Å². The molecule has 6 nitrogen and oxygen atoms in total. The molecule has 0 saturated heterocycles. The highest BCUT2D eigenvalue weighted by atomic mass is 16.5. The van der Waals surface area contributed by atoms with E-state index in [0.29, 0.717) is 18.3 Å². The Morgan fingerprint density at radius 1 is 1.28 bits per heavy atom. The Morgan fingerprint density at radius 3 is 2.78 bits per heavy atom. The summed E-state index contributed by atoms with van der Waals surface area (Å²) in [6, 6.07) is 3.82. The van der Waals surface area contributed by atoms with Crippen molar-refractivity contribution in [1.29, 1.82) is 0 Å². The largest absolute Gasteiger partial charge is 0.484 e. The first-order chi connectivity index (χ1) is 8.69. The van der Waals surface area contributed by atoms with E-state index in [1.807, 2.05) is 26.1 Å². The molecule has 0 unspecified atom stereocenters. The van der Waals surface area contributed by atoms with Gasteiger partial charge in [0.2, 0.25) is 11.7 Å². The van der Waals surface area contributed by atoms with Crippen molar-refractivity contribution in [2.75, 3.05) is 7.05 Å². The molecule has 0 fully saturated rings. The van der Waals surface area contributed by atoms with Crippen molar-refractivity contribution >= 4 is 0 Å². The molecular weight excluding hydrogens is 232 g/mol. The highest BCUT2D eigenvalue weighted by Crippen LogP contribution is 2.17. The summed E-state index contributed by atoms with van der Waals surface area (Å²) >= 11 is 0. The summed E-state index contributed by atoms with van der Waals surface area (Å²) in [6.45, 7) is 4.63. The molecule has 18 heavy (non-hydrogen) atoms. The van der Waals surface area contributed by atoms with Gasteiger partial charge in [0.25, 0.3) is 0 Å². The Bertz CT molecular complexity index is 525. The number of ether oxygens (including phenoxy) is 1. The molecule has 2 heterocycles. The van der Waals surface area contributed by atoms with E-state index in [2.05, 4.69) is 20.4 Å². The van der Waals surface area contributed by atoms with E-state index in [1.54, 1.807) is 6.92 Å². The summed E-state index contributed by atoms with van der Waals surface area (Å²) in [4.78, 5) is 8.51. The molecule has 2 aromatic rings. The van der Waals surface area contributed by atoms with Crippen LogP contribution in [-0.2, 0) is 13.2 Å². The number of nitrogens with zero attached hydrogens (tertiary/aromatic N) is 3. The van der Waals surface area contributed by atoms with E-state index in [-0.39, 0.29) is 6.61 Å². The van der Waals surface area contributed by atoms with Crippen molar-refractivity contribution in [1.82, 2.24) is 20.4 Å². The van der Waals surface area contributed by atoms with E-state index in [0.717, 1.165) is 17.1 Å². The molecule has 0 aliphatic rings. The van der Waals surface area contributed by atoms with Crippen LogP contribution in [0.15, 0.2) is 16.7 Å². The Labute approximate surface area is 105 Å². The van der Waals surface area contributed by atoms with Crippen LogP contribution >= 0.6 is 0 Å². The average molecular weight is 248 g/mol. The van der Waals surface area contributed by atoms with Crippen molar-refractivity contribution < 1.29 is 9.26 Å².